The molecule has 0 aliphatic carbocycles. The standard InChI is InChI=1S/C18H17NO4/c1-22-14-6-7-17(23-2)15(10-14)16(18(20)21)9-12-4-3-5-13(8-12)11-19/h3-8,10,16H,9H2,1-2H3,(H,20,21). The van der Waals surface area contributed by atoms with Gasteiger partial charge in [-0.05, 0) is 42.3 Å². The maximum absolute atomic E-state index is 11.8. The predicted octanol–water partition coefficient (Wildman–Crippen LogP) is 2.99. The monoisotopic (exact) mass is 311 g/mol. The Bertz CT molecular complexity index is 749. The second-order valence-corrected chi connectivity index (χ2v) is 5.02. The highest BCUT2D eigenvalue weighted by Crippen LogP contribution is 2.33. The molecule has 23 heavy (non-hydrogen) atoms. The van der Waals surface area contributed by atoms with Crippen molar-refractivity contribution in [2.45, 2.75) is 12.3 Å². The van der Waals surface area contributed by atoms with Gasteiger partial charge in [0, 0.05) is 5.56 Å². The Hall–Kier alpha value is -3.00. The Balaban J connectivity index is 2.42. The van der Waals surface area contributed by atoms with E-state index in [0.29, 0.717) is 22.6 Å². The van der Waals surface area contributed by atoms with Crippen molar-refractivity contribution in [2.24, 2.45) is 0 Å². The van der Waals surface area contributed by atoms with Crippen LogP contribution in [0.5, 0.6) is 11.5 Å². The van der Waals surface area contributed by atoms with E-state index in [1.165, 1.54) is 14.2 Å². The molecular weight excluding hydrogens is 294 g/mol. The number of methoxy groups -OCH3 is 2. The van der Waals surface area contributed by atoms with Crippen LogP contribution in [0.25, 0.3) is 0 Å². The number of aliphatic carboxylic acids is 1. The minimum atomic E-state index is -0.959. The SMILES string of the molecule is COc1ccc(OC)c(C(Cc2cccc(C#N)c2)C(=O)O)c1. The second-order valence-electron chi connectivity index (χ2n) is 5.02. The number of hydrogen-bond donors (Lipinski definition) is 1. The average molecular weight is 311 g/mol. The van der Waals surface area contributed by atoms with Gasteiger partial charge in [0.2, 0.25) is 0 Å². The molecule has 0 aromatic heterocycles. The third-order valence-electron chi connectivity index (χ3n) is 3.61. The molecule has 1 atom stereocenters. The molecule has 2 rings (SSSR count). The van der Waals surface area contributed by atoms with Crippen molar-refractivity contribution in [3.8, 4) is 17.6 Å². The third-order valence-corrected chi connectivity index (χ3v) is 3.61. The molecule has 0 radical (unpaired) electrons. The molecule has 1 N–H and O–H groups in total. The molecule has 0 saturated heterocycles. The van der Waals surface area contributed by atoms with E-state index >= 15 is 0 Å². The number of carboxylic acid groups (broad SMARTS) is 1. The molecule has 2 aromatic rings. The molecule has 0 bridgehead atoms. The molecule has 0 aliphatic heterocycles. The number of carboxylic acids is 1. The van der Waals surface area contributed by atoms with Crippen molar-refractivity contribution in [2.75, 3.05) is 14.2 Å². The largest absolute Gasteiger partial charge is 0.497 e. The Morgan fingerprint density at radius 1 is 1.22 bits per heavy atom. The van der Waals surface area contributed by atoms with Gasteiger partial charge in [-0.2, -0.15) is 5.26 Å². The summed E-state index contributed by atoms with van der Waals surface area (Å²) in [6.07, 6.45) is 0.258. The van der Waals surface area contributed by atoms with Crippen molar-refractivity contribution in [3.63, 3.8) is 0 Å². The molecule has 1 unspecified atom stereocenters. The lowest BCUT2D eigenvalue weighted by molar-refractivity contribution is -0.138. The zero-order chi connectivity index (χ0) is 16.8. The molecule has 0 fully saturated rings. The summed E-state index contributed by atoms with van der Waals surface area (Å²) < 4.78 is 10.5. The summed E-state index contributed by atoms with van der Waals surface area (Å²) in [7, 11) is 3.03. The molecular formula is C18H17NO4. The summed E-state index contributed by atoms with van der Waals surface area (Å²) in [5, 5.41) is 18.6. The lowest BCUT2D eigenvalue weighted by Crippen LogP contribution is -2.15. The van der Waals surface area contributed by atoms with E-state index in [9.17, 15) is 9.90 Å². The Morgan fingerprint density at radius 2 is 2.00 bits per heavy atom. The Morgan fingerprint density at radius 3 is 2.61 bits per heavy atom. The van der Waals surface area contributed by atoms with Crippen molar-refractivity contribution < 1.29 is 19.4 Å². The van der Waals surface area contributed by atoms with E-state index in [2.05, 4.69) is 6.07 Å². The first-order valence-corrected chi connectivity index (χ1v) is 7.02. The van der Waals surface area contributed by atoms with Gasteiger partial charge in [-0.1, -0.05) is 12.1 Å². The molecule has 0 heterocycles. The van der Waals surface area contributed by atoms with Gasteiger partial charge in [0.15, 0.2) is 0 Å². The lowest BCUT2D eigenvalue weighted by Gasteiger charge is -2.17. The van der Waals surface area contributed by atoms with Gasteiger partial charge in [-0.25, -0.2) is 0 Å². The van der Waals surface area contributed by atoms with Gasteiger partial charge in [0.1, 0.15) is 11.5 Å². The van der Waals surface area contributed by atoms with Gasteiger partial charge in [-0.3, -0.25) is 4.79 Å². The van der Waals surface area contributed by atoms with Crippen LogP contribution >= 0.6 is 0 Å². The average Bonchev–Trinajstić information content (AvgIpc) is 2.59. The first kappa shape index (κ1) is 16.4. The molecule has 5 nitrogen and oxygen atoms in total. The predicted molar refractivity (Wildman–Crippen MR) is 84.8 cm³/mol. The zero-order valence-electron chi connectivity index (χ0n) is 12.9. The van der Waals surface area contributed by atoms with Crippen LogP contribution in [0, 0.1) is 11.3 Å². The fourth-order valence-electron chi connectivity index (χ4n) is 2.45. The lowest BCUT2D eigenvalue weighted by atomic mass is 9.90. The zero-order valence-corrected chi connectivity index (χ0v) is 12.9. The molecule has 118 valence electrons. The van der Waals surface area contributed by atoms with Gasteiger partial charge in [0.25, 0.3) is 0 Å². The topological polar surface area (TPSA) is 79.5 Å². The maximum atomic E-state index is 11.8. The maximum Gasteiger partial charge on any atom is 0.311 e. The molecule has 0 aliphatic rings. The Labute approximate surface area is 134 Å². The fourth-order valence-corrected chi connectivity index (χ4v) is 2.45. The van der Waals surface area contributed by atoms with Crippen LogP contribution in [0.15, 0.2) is 42.5 Å². The molecule has 2 aromatic carbocycles. The molecule has 5 heteroatoms. The third kappa shape index (κ3) is 3.80. The van der Waals surface area contributed by atoms with Crippen LogP contribution in [0.4, 0.5) is 0 Å². The van der Waals surface area contributed by atoms with Crippen LogP contribution < -0.4 is 9.47 Å². The van der Waals surface area contributed by atoms with Crippen molar-refractivity contribution in [3.05, 3.63) is 59.2 Å². The van der Waals surface area contributed by atoms with Gasteiger partial charge < -0.3 is 14.6 Å². The highest BCUT2D eigenvalue weighted by Gasteiger charge is 2.24. The Kier molecular flexibility index (Phi) is 5.21. The number of nitriles is 1. The fraction of sp³-hybridized carbons (Fsp3) is 0.222. The van der Waals surface area contributed by atoms with Crippen LogP contribution in [-0.4, -0.2) is 25.3 Å². The normalized spacial score (nSPS) is 11.3. The van der Waals surface area contributed by atoms with Gasteiger partial charge in [0.05, 0.1) is 31.8 Å². The number of benzene rings is 2. The number of carbonyl (C=O) groups is 1. The highest BCUT2D eigenvalue weighted by atomic mass is 16.5. The minimum absolute atomic E-state index is 0.258. The number of rotatable bonds is 6. The summed E-state index contributed by atoms with van der Waals surface area (Å²) in [5.74, 6) is -0.694. The molecule has 0 saturated carbocycles. The van der Waals surface area contributed by atoms with E-state index in [0.717, 1.165) is 5.56 Å². The van der Waals surface area contributed by atoms with E-state index < -0.39 is 11.9 Å². The van der Waals surface area contributed by atoms with Crippen molar-refractivity contribution >= 4 is 5.97 Å². The van der Waals surface area contributed by atoms with E-state index in [1.54, 1.807) is 36.4 Å². The number of hydrogen-bond acceptors (Lipinski definition) is 4. The summed E-state index contributed by atoms with van der Waals surface area (Å²) in [4.78, 5) is 11.8. The second kappa shape index (κ2) is 7.32. The van der Waals surface area contributed by atoms with Crippen LogP contribution in [0.3, 0.4) is 0 Å². The van der Waals surface area contributed by atoms with Crippen molar-refractivity contribution in [1.29, 1.82) is 5.26 Å². The minimum Gasteiger partial charge on any atom is -0.497 e. The summed E-state index contributed by atoms with van der Waals surface area (Å²) >= 11 is 0. The summed E-state index contributed by atoms with van der Waals surface area (Å²) in [5.41, 5.74) is 1.83. The summed E-state index contributed by atoms with van der Waals surface area (Å²) in [6.45, 7) is 0. The van der Waals surface area contributed by atoms with E-state index in [4.69, 9.17) is 14.7 Å². The first-order valence-electron chi connectivity index (χ1n) is 7.02. The van der Waals surface area contributed by atoms with Crippen LogP contribution in [0.1, 0.15) is 22.6 Å². The number of nitrogens with zero attached hydrogens (tertiary/aromatic N) is 1. The van der Waals surface area contributed by atoms with E-state index in [1.807, 2.05) is 6.07 Å². The quantitative estimate of drug-likeness (QED) is 0.887. The first-order chi connectivity index (χ1) is 11.1. The van der Waals surface area contributed by atoms with Crippen LogP contribution in [-0.2, 0) is 11.2 Å². The number of ether oxygens (including phenoxy) is 2. The molecule has 0 amide bonds. The summed E-state index contributed by atoms with van der Waals surface area (Å²) in [6, 6.07) is 14.1. The van der Waals surface area contributed by atoms with Gasteiger partial charge in [-0.15, -0.1) is 0 Å². The van der Waals surface area contributed by atoms with Crippen LogP contribution in [0.2, 0.25) is 0 Å². The molecule has 0 spiro atoms. The smallest absolute Gasteiger partial charge is 0.311 e. The van der Waals surface area contributed by atoms with Gasteiger partial charge >= 0.3 is 5.97 Å². The van der Waals surface area contributed by atoms with Crippen molar-refractivity contribution in [1.82, 2.24) is 0 Å². The highest BCUT2D eigenvalue weighted by molar-refractivity contribution is 5.78. The van der Waals surface area contributed by atoms with E-state index in [-0.39, 0.29) is 6.42 Å².